The number of hydrogen-bond donors (Lipinski definition) is 0. The monoisotopic (exact) mass is 539 g/mol. The minimum Gasteiger partial charge on any atom is -0.0778 e. The van der Waals surface area contributed by atoms with Crippen LogP contribution in [-0.2, 0) is 17.1 Å². The normalized spacial score (nSPS) is 9.45. The summed E-state index contributed by atoms with van der Waals surface area (Å²) in [4.78, 5) is 2.95. The summed E-state index contributed by atoms with van der Waals surface area (Å²) in [6.07, 6.45) is 0. The molecule has 0 fully saturated rings. The van der Waals surface area contributed by atoms with Gasteiger partial charge in [0.25, 0.3) is 0 Å². The summed E-state index contributed by atoms with van der Waals surface area (Å²) < 4.78 is 0. The molecule has 33 heavy (non-hydrogen) atoms. The van der Waals surface area contributed by atoms with Gasteiger partial charge < -0.3 is 0 Å². The summed E-state index contributed by atoms with van der Waals surface area (Å²) in [6, 6.07) is 39.5. The van der Waals surface area contributed by atoms with Crippen molar-refractivity contribution >= 4 is 68.3 Å². The number of rotatable bonds is 6. The summed E-state index contributed by atoms with van der Waals surface area (Å²) in [5.41, 5.74) is 4.02. The van der Waals surface area contributed by atoms with Crippen LogP contribution >= 0.6 is 48.9 Å². The molecule has 0 N–H and O–H groups in total. The first kappa shape index (κ1) is 27.0. The van der Waals surface area contributed by atoms with Crippen molar-refractivity contribution in [3.8, 4) is 0 Å². The maximum atomic E-state index is 5.38. The van der Waals surface area contributed by atoms with E-state index in [1.54, 1.807) is 0 Å². The molecule has 0 saturated carbocycles. The largest absolute Gasteiger partial charge is 0.0778 e. The van der Waals surface area contributed by atoms with Crippen LogP contribution in [0.1, 0.15) is 22.3 Å². The molecule has 0 bridgehead atoms. The van der Waals surface area contributed by atoms with Gasteiger partial charge in [0.2, 0.25) is 0 Å². The van der Waals surface area contributed by atoms with Gasteiger partial charge in [-0.1, -0.05) is 170 Å². The van der Waals surface area contributed by atoms with Gasteiger partial charge in [0.1, 0.15) is 0 Å². The summed E-state index contributed by atoms with van der Waals surface area (Å²) in [5, 5.41) is 0. The van der Waals surface area contributed by atoms with Crippen LogP contribution in [0.25, 0.3) is 0 Å². The second kappa shape index (κ2) is 14.1. The van der Waals surface area contributed by atoms with Crippen LogP contribution in [0.4, 0.5) is 0 Å². The van der Waals surface area contributed by atoms with Crippen LogP contribution in [0, 0.1) is 0 Å². The molecule has 4 aromatic rings. The van der Waals surface area contributed by atoms with Crippen molar-refractivity contribution in [2.75, 3.05) is 0 Å². The average molecular weight is 540 g/mol. The number of hydrogen-bond acceptors (Lipinski definition) is 4. The van der Waals surface area contributed by atoms with Crippen molar-refractivity contribution in [2.45, 2.75) is 0 Å². The van der Waals surface area contributed by atoms with Crippen molar-refractivity contribution in [3.05, 3.63) is 144 Å². The second-order valence-electron chi connectivity index (χ2n) is 6.78. The number of thiocarbonyl (C=S) groups is 4. The molecule has 0 aliphatic heterocycles. The van der Waals surface area contributed by atoms with Crippen molar-refractivity contribution in [1.29, 1.82) is 0 Å². The quantitative estimate of drug-likeness (QED) is 0.140. The van der Waals surface area contributed by atoms with Crippen LogP contribution in [0.3, 0.4) is 0 Å². The third-order valence-electron chi connectivity index (χ3n) is 4.56. The third kappa shape index (κ3) is 7.93. The molecule has 163 valence electrons. The second-order valence-corrected chi connectivity index (χ2v) is 8.41. The molecule has 0 aliphatic carbocycles. The molecule has 0 atom stereocenters. The van der Waals surface area contributed by atoms with Gasteiger partial charge in [0, 0.05) is 17.1 Å². The van der Waals surface area contributed by atoms with E-state index in [1.807, 2.05) is 121 Å². The number of benzene rings is 4. The fraction of sp³-hybridized carbons (Fsp3) is 0. The summed E-state index contributed by atoms with van der Waals surface area (Å²) in [5.74, 6) is 0. The zero-order valence-electron chi connectivity index (χ0n) is 17.6. The summed E-state index contributed by atoms with van der Waals surface area (Å²) >= 11 is 21.5. The predicted octanol–water partition coefficient (Wildman–Crippen LogP) is 7.64. The van der Waals surface area contributed by atoms with Crippen molar-refractivity contribution in [1.82, 2.24) is 0 Å². The Morgan fingerprint density at radius 2 is 0.455 bits per heavy atom. The van der Waals surface area contributed by atoms with Crippen LogP contribution < -0.4 is 0 Å². The van der Waals surface area contributed by atoms with Crippen molar-refractivity contribution < 1.29 is 17.1 Å². The molecule has 0 aliphatic rings. The van der Waals surface area contributed by atoms with E-state index in [0.717, 1.165) is 41.7 Å². The van der Waals surface area contributed by atoms with E-state index in [2.05, 4.69) is 0 Å². The molecular formula is C28H20MnS4. The Balaban J connectivity index is 0.000000227. The first-order chi connectivity index (χ1) is 15.6. The molecule has 0 amide bonds. The topological polar surface area (TPSA) is 0 Å². The first-order valence-corrected chi connectivity index (χ1v) is 11.6. The average Bonchev–Trinajstić information content (AvgIpc) is 2.89. The summed E-state index contributed by atoms with van der Waals surface area (Å²) in [7, 11) is 0. The van der Waals surface area contributed by atoms with Crippen LogP contribution in [0.15, 0.2) is 121 Å². The Hall–Kier alpha value is -2.24. The molecule has 0 aromatic heterocycles. The van der Waals surface area contributed by atoms with E-state index in [9.17, 15) is 0 Å². The molecule has 4 aromatic carbocycles. The molecule has 1 radical (unpaired) electrons. The van der Waals surface area contributed by atoms with E-state index >= 15 is 0 Å². The SMILES string of the molecule is S=C(C(=S)c1ccccc1)c1ccccc1.S=C(C(=S)c1ccccc1)c1ccccc1.[Mn]. The predicted molar refractivity (Wildman–Crippen MR) is 153 cm³/mol. The Kier molecular flexibility index (Phi) is 11.6. The molecule has 0 unspecified atom stereocenters. The Bertz CT molecular complexity index is 1010. The molecule has 4 rings (SSSR count). The van der Waals surface area contributed by atoms with Gasteiger partial charge >= 0.3 is 0 Å². The van der Waals surface area contributed by atoms with Gasteiger partial charge in [0.15, 0.2) is 0 Å². The molecule has 0 nitrogen and oxygen atoms in total. The standard InChI is InChI=1S/2C14H10S2.Mn/c2*15-13(11-7-3-1-4-8-11)14(16)12-9-5-2-6-10-12;/h2*1-10H;. The maximum absolute atomic E-state index is 5.38. The van der Waals surface area contributed by atoms with Crippen LogP contribution in [0.2, 0.25) is 0 Å². The minimum atomic E-state index is 0. The first-order valence-electron chi connectivity index (χ1n) is 9.96. The molecule has 0 saturated heterocycles. The van der Waals surface area contributed by atoms with Gasteiger partial charge in [-0.05, 0) is 22.3 Å². The van der Waals surface area contributed by atoms with E-state index in [1.165, 1.54) is 0 Å². The van der Waals surface area contributed by atoms with Gasteiger partial charge in [-0.15, -0.1) is 0 Å². The molecule has 5 heteroatoms. The van der Waals surface area contributed by atoms with Gasteiger partial charge in [-0.25, -0.2) is 0 Å². The summed E-state index contributed by atoms with van der Waals surface area (Å²) in [6.45, 7) is 0. The van der Waals surface area contributed by atoms with E-state index in [-0.39, 0.29) is 17.1 Å². The van der Waals surface area contributed by atoms with E-state index in [4.69, 9.17) is 48.9 Å². The fourth-order valence-corrected chi connectivity index (χ4v) is 3.90. The van der Waals surface area contributed by atoms with Gasteiger partial charge in [0.05, 0.1) is 19.5 Å². The molecule has 0 spiro atoms. The smallest absolute Gasteiger partial charge is 0.0636 e. The molecule has 0 heterocycles. The third-order valence-corrected chi connectivity index (χ3v) is 6.57. The maximum Gasteiger partial charge on any atom is 0.0636 e. The van der Waals surface area contributed by atoms with Crippen LogP contribution in [-0.4, -0.2) is 19.5 Å². The van der Waals surface area contributed by atoms with Gasteiger partial charge in [-0.3, -0.25) is 0 Å². The molecular weight excluding hydrogens is 520 g/mol. The zero-order valence-corrected chi connectivity index (χ0v) is 22.0. The van der Waals surface area contributed by atoms with E-state index in [0.29, 0.717) is 0 Å². The van der Waals surface area contributed by atoms with Crippen LogP contribution in [0.5, 0.6) is 0 Å². The fourth-order valence-electron chi connectivity index (χ4n) is 2.88. The zero-order chi connectivity index (χ0) is 22.8. The Morgan fingerprint density at radius 3 is 0.606 bits per heavy atom. The van der Waals surface area contributed by atoms with E-state index < -0.39 is 0 Å². The van der Waals surface area contributed by atoms with Crippen molar-refractivity contribution in [3.63, 3.8) is 0 Å². The van der Waals surface area contributed by atoms with Crippen molar-refractivity contribution in [2.24, 2.45) is 0 Å². The minimum absolute atomic E-state index is 0. The Labute approximate surface area is 227 Å². The van der Waals surface area contributed by atoms with Gasteiger partial charge in [-0.2, -0.15) is 0 Å². The Morgan fingerprint density at radius 1 is 0.303 bits per heavy atom.